The maximum Gasteiger partial charge on any atom is 0.329 e. The number of ether oxygens (including phenoxy) is 1. The van der Waals surface area contributed by atoms with Crippen molar-refractivity contribution in [2.75, 3.05) is 0 Å². The molecule has 3 amide bonds. The second-order valence-electron chi connectivity index (χ2n) is 13.6. The lowest BCUT2D eigenvalue weighted by Crippen LogP contribution is -2.57. The maximum atomic E-state index is 13.9. The number of aromatic nitrogens is 1. The van der Waals surface area contributed by atoms with Crippen molar-refractivity contribution >= 4 is 34.6 Å². The van der Waals surface area contributed by atoms with Gasteiger partial charge in [-0.25, -0.2) is 4.79 Å². The highest BCUT2D eigenvalue weighted by molar-refractivity contribution is 5.94. The van der Waals surface area contributed by atoms with Crippen molar-refractivity contribution < 1.29 is 23.9 Å². The quantitative estimate of drug-likeness (QED) is 0.0742. The molecule has 3 aromatic rings. The van der Waals surface area contributed by atoms with Gasteiger partial charge in [-0.2, -0.15) is 0 Å². The fourth-order valence-electron chi connectivity index (χ4n) is 5.78. The molecular formula is C39H56N4O5. The van der Waals surface area contributed by atoms with Crippen LogP contribution in [0.15, 0.2) is 60.8 Å². The molecule has 48 heavy (non-hydrogen) atoms. The molecule has 0 fully saturated rings. The third-order valence-electron chi connectivity index (χ3n) is 8.54. The highest BCUT2D eigenvalue weighted by Gasteiger charge is 2.32. The van der Waals surface area contributed by atoms with Crippen LogP contribution in [0.3, 0.4) is 0 Å². The molecule has 1 heterocycles. The van der Waals surface area contributed by atoms with Gasteiger partial charge in [-0.3, -0.25) is 14.4 Å². The van der Waals surface area contributed by atoms with E-state index in [2.05, 4.69) is 27.9 Å². The molecule has 0 unspecified atom stereocenters. The van der Waals surface area contributed by atoms with E-state index in [9.17, 15) is 19.2 Å². The van der Waals surface area contributed by atoms with E-state index in [1.54, 1.807) is 0 Å². The minimum absolute atomic E-state index is 0.0718. The lowest BCUT2D eigenvalue weighted by atomic mass is 9.99. The lowest BCUT2D eigenvalue weighted by molar-refractivity contribution is -0.150. The van der Waals surface area contributed by atoms with Gasteiger partial charge in [0.15, 0.2) is 0 Å². The van der Waals surface area contributed by atoms with E-state index < -0.39 is 35.9 Å². The minimum atomic E-state index is -0.911. The Morgan fingerprint density at radius 3 is 2.08 bits per heavy atom. The number of nitrogens with one attached hydrogen (secondary N) is 4. The van der Waals surface area contributed by atoms with Gasteiger partial charge < -0.3 is 25.7 Å². The molecule has 0 bridgehead atoms. The van der Waals surface area contributed by atoms with Crippen LogP contribution < -0.4 is 16.0 Å². The second-order valence-corrected chi connectivity index (χ2v) is 13.6. The van der Waals surface area contributed by atoms with Gasteiger partial charge in [-0.1, -0.05) is 122 Å². The van der Waals surface area contributed by atoms with Gasteiger partial charge >= 0.3 is 5.97 Å². The van der Waals surface area contributed by atoms with Crippen LogP contribution in [0.25, 0.3) is 10.9 Å². The summed E-state index contributed by atoms with van der Waals surface area (Å²) in [5, 5.41) is 9.71. The van der Waals surface area contributed by atoms with Gasteiger partial charge in [0.1, 0.15) is 24.7 Å². The Kier molecular flexibility index (Phi) is 16.2. The molecule has 0 saturated heterocycles. The molecule has 0 aliphatic heterocycles. The highest BCUT2D eigenvalue weighted by atomic mass is 16.5. The van der Waals surface area contributed by atoms with E-state index in [1.807, 2.05) is 88.5 Å². The molecule has 0 spiro atoms. The molecule has 4 N–H and O–H groups in total. The monoisotopic (exact) mass is 660 g/mol. The zero-order valence-corrected chi connectivity index (χ0v) is 29.5. The Hall–Kier alpha value is -4.14. The van der Waals surface area contributed by atoms with Gasteiger partial charge in [0.25, 0.3) is 0 Å². The number of carbonyl (C=O) groups is 4. The number of H-pyrrole nitrogens is 1. The fourth-order valence-corrected chi connectivity index (χ4v) is 5.78. The summed E-state index contributed by atoms with van der Waals surface area (Å²) < 4.78 is 5.54. The zero-order valence-electron chi connectivity index (χ0n) is 29.5. The summed E-state index contributed by atoms with van der Waals surface area (Å²) in [4.78, 5) is 57.0. The summed E-state index contributed by atoms with van der Waals surface area (Å²) in [6.07, 6.45) is 10.4. The van der Waals surface area contributed by atoms with Crippen LogP contribution >= 0.6 is 0 Å². The number of hydrogen-bond donors (Lipinski definition) is 4. The molecule has 2 aromatic carbocycles. The maximum absolute atomic E-state index is 13.9. The summed E-state index contributed by atoms with van der Waals surface area (Å²) in [6, 6.07) is 14.5. The van der Waals surface area contributed by atoms with Crippen molar-refractivity contribution in [3.63, 3.8) is 0 Å². The number of carbonyl (C=O) groups excluding carboxylic acids is 4. The number of unbranched alkanes of at least 4 members (excludes halogenated alkanes) is 6. The summed E-state index contributed by atoms with van der Waals surface area (Å²) in [6.45, 7) is 9.89. The van der Waals surface area contributed by atoms with Crippen LogP contribution in [0.1, 0.15) is 104 Å². The molecule has 0 saturated carbocycles. The summed E-state index contributed by atoms with van der Waals surface area (Å²) >= 11 is 0. The summed E-state index contributed by atoms with van der Waals surface area (Å²) in [5.41, 5.74) is 2.68. The smallest absolute Gasteiger partial charge is 0.329 e. The van der Waals surface area contributed by atoms with E-state index >= 15 is 0 Å². The Balaban J connectivity index is 1.71. The highest BCUT2D eigenvalue weighted by Crippen LogP contribution is 2.20. The standard InChI is InChI=1S/C39H56N4O5/c1-6-7-8-9-10-11-15-22-35(44)41-34(24-30-25-40-32-21-17-16-20-31(30)32)37(45)42-33(23-27(2)3)38(46)43-36(28(4)5)39(47)48-26-29-18-13-12-14-19-29/h12-14,16-21,25,27-28,33-34,36,40H,6-11,15,22-24,26H2,1-5H3,(H,41,44)(H,42,45)(H,43,46)/t33-,34-,36-/m0/s1. The third kappa shape index (κ3) is 12.8. The van der Waals surface area contributed by atoms with Crippen LogP contribution in [0.4, 0.5) is 0 Å². The molecule has 262 valence electrons. The van der Waals surface area contributed by atoms with Gasteiger partial charge in [0.05, 0.1) is 0 Å². The molecule has 3 atom stereocenters. The van der Waals surface area contributed by atoms with E-state index in [0.29, 0.717) is 12.8 Å². The molecule has 0 aliphatic carbocycles. The van der Waals surface area contributed by atoms with E-state index in [1.165, 1.54) is 25.7 Å². The van der Waals surface area contributed by atoms with Crippen LogP contribution in [0.5, 0.6) is 0 Å². The number of para-hydroxylation sites is 1. The number of hydrogen-bond acceptors (Lipinski definition) is 5. The van der Waals surface area contributed by atoms with E-state index in [-0.39, 0.29) is 30.8 Å². The Labute approximate surface area is 286 Å². The van der Waals surface area contributed by atoms with Crippen LogP contribution in [0.2, 0.25) is 0 Å². The van der Waals surface area contributed by atoms with Crippen molar-refractivity contribution in [3.05, 3.63) is 71.9 Å². The van der Waals surface area contributed by atoms with E-state index in [0.717, 1.165) is 41.3 Å². The second kappa shape index (κ2) is 20.3. The molecule has 9 nitrogen and oxygen atoms in total. The SMILES string of the molecule is CCCCCCCCCC(=O)N[C@@H](Cc1c[nH]c2ccccc12)C(=O)N[C@@H](CC(C)C)C(=O)N[C@H](C(=O)OCc1ccccc1)C(C)C. The first-order valence-electron chi connectivity index (χ1n) is 17.7. The molecule has 3 rings (SSSR count). The topological polar surface area (TPSA) is 129 Å². The number of amides is 3. The van der Waals surface area contributed by atoms with Crippen LogP contribution in [-0.2, 0) is 36.9 Å². The minimum Gasteiger partial charge on any atom is -0.459 e. The predicted octanol–water partition coefficient (Wildman–Crippen LogP) is 6.75. The lowest BCUT2D eigenvalue weighted by Gasteiger charge is -2.27. The number of benzene rings is 2. The van der Waals surface area contributed by atoms with Crippen molar-refractivity contribution in [2.45, 2.75) is 124 Å². The van der Waals surface area contributed by atoms with Crippen LogP contribution in [-0.4, -0.2) is 46.8 Å². The van der Waals surface area contributed by atoms with Gasteiger partial charge in [0.2, 0.25) is 17.7 Å². The van der Waals surface area contributed by atoms with E-state index in [4.69, 9.17) is 4.74 Å². The number of esters is 1. The Morgan fingerprint density at radius 2 is 1.40 bits per heavy atom. The van der Waals surface area contributed by atoms with Crippen molar-refractivity contribution in [3.8, 4) is 0 Å². The first-order chi connectivity index (χ1) is 23.1. The first-order valence-corrected chi connectivity index (χ1v) is 17.7. The van der Waals surface area contributed by atoms with Crippen molar-refractivity contribution in [1.29, 1.82) is 0 Å². The Morgan fingerprint density at radius 1 is 0.750 bits per heavy atom. The van der Waals surface area contributed by atoms with Gasteiger partial charge in [-0.15, -0.1) is 0 Å². The fraction of sp³-hybridized carbons (Fsp3) is 0.538. The first kappa shape index (κ1) is 38.3. The molecule has 9 heteroatoms. The van der Waals surface area contributed by atoms with Gasteiger partial charge in [0, 0.05) is 29.9 Å². The number of rotatable bonds is 21. The normalized spacial score (nSPS) is 13.2. The zero-order chi connectivity index (χ0) is 34.9. The molecular weight excluding hydrogens is 604 g/mol. The summed E-state index contributed by atoms with van der Waals surface area (Å²) in [5.74, 6) is -1.80. The van der Waals surface area contributed by atoms with Crippen molar-refractivity contribution in [1.82, 2.24) is 20.9 Å². The largest absolute Gasteiger partial charge is 0.459 e. The van der Waals surface area contributed by atoms with Crippen molar-refractivity contribution in [2.24, 2.45) is 11.8 Å². The molecule has 0 aliphatic rings. The number of fused-ring (bicyclic) bond motifs is 1. The average molecular weight is 661 g/mol. The molecule has 1 aromatic heterocycles. The average Bonchev–Trinajstić information content (AvgIpc) is 3.47. The van der Waals surface area contributed by atoms with Gasteiger partial charge in [-0.05, 0) is 41.9 Å². The molecule has 0 radical (unpaired) electrons. The number of aromatic amines is 1. The Bertz CT molecular complexity index is 1430. The predicted molar refractivity (Wildman–Crippen MR) is 191 cm³/mol. The van der Waals surface area contributed by atoms with Crippen LogP contribution in [0, 0.1) is 11.8 Å². The summed E-state index contributed by atoms with van der Waals surface area (Å²) in [7, 11) is 0. The third-order valence-corrected chi connectivity index (χ3v) is 8.54.